The normalized spacial score (nSPS) is 14.7. The molecule has 0 radical (unpaired) electrons. The lowest BCUT2D eigenvalue weighted by Gasteiger charge is -2.25. The Labute approximate surface area is 153 Å². The number of rotatable bonds is 6. The van der Waals surface area contributed by atoms with Crippen LogP contribution in [-0.4, -0.2) is 33.8 Å². The van der Waals surface area contributed by atoms with Crippen LogP contribution in [0.4, 0.5) is 5.69 Å². The number of hydrogen-bond acceptors (Lipinski definition) is 4. The van der Waals surface area contributed by atoms with Gasteiger partial charge in [-0.25, -0.2) is 0 Å². The first-order valence-electron chi connectivity index (χ1n) is 8.54. The first-order chi connectivity index (χ1) is 12.5. The fraction of sp³-hybridized carbons (Fsp3) is 0.263. The zero-order valence-corrected chi connectivity index (χ0v) is 15.4. The van der Waals surface area contributed by atoms with Gasteiger partial charge in [0.05, 0.1) is 5.69 Å². The summed E-state index contributed by atoms with van der Waals surface area (Å²) in [6.45, 7) is 3.15. The van der Waals surface area contributed by atoms with Gasteiger partial charge in [0.2, 0.25) is 0 Å². The van der Waals surface area contributed by atoms with Gasteiger partial charge in [0.15, 0.2) is 0 Å². The summed E-state index contributed by atoms with van der Waals surface area (Å²) < 4.78 is 28.1. The van der Waals surface area contributed by atoms with Crippen molar-refractivity contribution >= 4 is 28.0 Å². The van der Waals surface area contributed by atoms with Gasteiger partial charge in [0.1, 0.15) is 11.2 Å². The minimum absolute atomic E-state index is 0.0733. The predicted octanol–water partition coefficient (Wildman–Crippen LogP) is 2.61. The summed E-state index contributed by atoms with van der Waals surface area (Å²) in [5.41, 5.74) is 2.00. The van der Waals surface area contributed by atoms with Gasteiger partial charge >= 0.3 is 0 Å². The molecule has 3 rings (SSSR count). The summed E-state index contributed by atoms with van der Waals surface area (Å²) in [6, 6.07) is 14.6. The number of anilines is 1. The lowest BCUT2D eigenvalue weighted by molar-refractivity contribution is 0.0954. The molecule has 0 spiro atoms. The van der Waals surface area contributed by atoms with Crippen molar-refractivity contribution in [3.05, 3.63) is 59.7 Å². The number of nitrogens with one attached hydrogen (secondary N) is 1. The summed E-state index contributed by atoms with van der Waals surface area (Å²) in [4.78, 5) is 14.2. The first kappa shape index (κ1) is 18.1. The largest absolute Gasteiger partial charge is 0.352 e. The number of nitrogens with zero attached hydrogens (tertiary/aromatic N) is 2. The number of benzene rings is 2. The molecule has 0 atom stereocenters. The third-order valence-corrected chi connectivity index (χ3v) is 5.40. The average molecular weight is 371 g/mol. The van der Waals surface area contributed by atoms with E-state index < -0.39 is 10.0 Å². The quantitative estimate of drug-likeness (QED) is 0.847. The van der Waals surface area contributed by atoms with Gasteiger partial charge in [0.25, 0.3) is 15.9 Å². The van der Waals surface area contributed by atoms with Crippen molar-refractivity contribution in [2.45, 2.75) is 24.7 Å². The fourth-order valence-electron chi connectivity index (χ4n) is 2.82. The third kappa shape index (κ3) is 3.94. The van der Waals surface area contributed by atoms with E-state index in [9.17, 15) is 13.2 Å². The van der Waals surface area contributed by atoms with E-state index in [1.54, 1.807) is 17.0 Å². The number of amides is 1. The molecule has 0 saturated heterocycles. The Hall–Kier alpha value is -2.67. The maximum absolute atomic E-state index is 12.4. The second kappa shape index (κ2) is 7.70. The highest BCUT2D eigenvalue weighted by Gasteiger charge is 2.26. The molecule has 7 heteroatoms. The molecule has 2 aromatic carbocycles. The minimum Gasteiger partial charge on any atom is -0.352 e. The van der Waals surface area contributed by atoms with Crippen LogP contribution >= 0.6 is 0 Å². The first-order valence-corrected chi connectivity index (χ1v) is 9.98. The second-order valence-electron chi connectivity index (χ2n) is 6.06. The second-order valence-corrected chi connectivity index (χ2v) is 7.66. The van der Waals surface area contributed by atoms with Gasteiger partial charge < -0.3 is 10.2 Å². The van der Waals surface area contributed by atoms with E-state index >= 15 is 0 Å². The standard InChI is InChI=1S/C19H21N3O3S/c1-2-12-22-14-21-26(24,25)18-13-16(8-9-17(18)22)19(23)20-11-10-15-6-4-3-5-7-15/h3-9,13-14H,2,10-12H2,1H3,(H,20,23). The Balaban J connectivity index is 1.74. The molecule has 26 heavy (non-hydrogen) atoms. The highest BCUT2D eigenvalue weighted by molar-refractivity contribution is 7.90. The maximum Gasteiger partial charge on any atom is 0.285 e. The van der Waals surface area contributed by atoms with Crippen LogP contribution in [0.25, 0.3) is 0 Å². The number of carbonyl (C=O) groups is 1. The van der Waals surface area contributed by atoms with Gasteiger partial charge in [-0.1, -0.05) is 37.3 Å². The maximum atomic E-state index is 12.4. The van der Waals surface area contributed by atoms with Crippen LogP contribution in [0, 0.1) is 0 Å². The van der Waals surface area contributed by atoms with Crippen molar-refractivity contribution < 1.29 is 13.2 Å². The number of hydrogen-bond donors (Lipinski definition) is 1. The zero-order chi connectivity index (χ0) is 18.6. The molecule has 136 valence electrons. The number of sulfonamides is 1. The Kier molecular flexibility index (Phi) is 5.37. The van der Waals surface area contributed by atoms with Gasteiger partial charge in [-0.2, -0.15) is 8.42 Å². The predicted molar refractivity (Wildman–Crippen MR) is 102 cm³/mol. The van der Waals surface area contributed by atoms with E-state index in [4.69, 9.17) is 0 Å². The fourth-order valence-corrected chi connectivity index (χ4v) is 3.90. The lowest BCUT2D eigenvalue weighted by Crippen LogP contribution is -2.29. The molecule has 0 fully saturated rings. The Morgan fingerprint density at radius 1 is 1.15 bits per heavy atom. The van der Waals surface area contributed by atoms with Crippen molar-refractivity contribution in [3.63, 3.8) is 0 Å². The number of fused-ring (bicyclic) bond motifs is 1. The summed E-state index contributed by atoms with van der Waals surface area (Å²) in [7, 11) is -3.77. The van der Waals surface area contributed by atoms with Gasteiger partial charge in [-0.3, -0.25) is 4.79 Å². The molecule has 1 aliphatic heterocycles. The van der Waals surface area contributed by atoms with Crippen molar-refractivity contribution in [1.29, 1.82) is 0 Å². The van der Waals surface area contributed by atoms with Crippen LogP contribution < -0.4 is 10.2 Å². The van der Waals surface area contributed by atoms with Gasteiger partial charge in [-0.15, -0.1) is 4.40 Å². The summed E-state index contributed by atoms with van der Waals surface area (Å²) in [6.07, 6.45) is 2.90. The highest BCUT2D eigenvalue weighted by Crippen LogP contribution is 2.30. The molecule has 2 aromatic rings. The number of carbonyl (C=O) groups excluding carboxylic acids is 1. The van der Waals surface area contributed by atoms with Crippen LogP contribution in [0.1, 0.15) is 29.3 Å². The Bertz CT molecular complexity index is 924. The van der Waals surface area contributed by atoms with E-state index in [1.807, 2.05) is 37.3 Å². The molecular weight excluding hydrogens is 350 g/mol. The van der Waals surface area contributed by atoms with Crippen LogP contribution in [0.5, 0.6) is 0 Å². The Morgan fingerprint density at radius 3 is 2.65 bits per heavy atom. The van der Waals surface area contributed by atoms with Gasteiger partial charge in [0, 0.05) is 18.7 Å². The SMILES string of the molecule is CCCN1C=NS(=O)(=O)c2cc(C(=O)NCCc3ccccc3)ccc21. The van der Waals surface area contributed by atoms with Crippen molar-refractivity contribution in [2.75, 3.05) is 18.0 Å². The molecule has 0 saturated carbocycles. The minimum atomic E-state index is -3.77. The van der Waals surface area contributed by atoms with E-state index in [0.29, 0.717) is 30.8 Å². The van der Waals surface area contributed by atoms with E-state index in [1.165, 1.54) is 12.4 Å². The van der Waals surface area contributed by atoms with E-state index in [0.717, 1.165) is 12.0 Å². The van der Waals surface area contributed by atoms with Crippen LogP contribution in [-0.2, 0) is 16.4 Å². The van der Waals surface area contributed by atoms with Crippen LogP contribution in [0.15, 0.2) is 57.8 Å². The van der Waals surface area contributed by atoms with E-state index in [2.05, 4.69) is 9.71 Å². The lowest BCUT2D eigenvalue weighted by atomic mass is 10.1. The highest BCUT2D eigenvalue weighted by atomic mass is 32.2. The van der Waals surface area contributed by atoms with Gasteiger partial charge in [-0.05, 0) is 36.6 Å². The smallest absolute Gasteiger partial charge is 0.285 e. The molecule has 1 N–H and O–H groups in total. The molecule has 1 aliphatic rings. The summed E-state index contributed by atoms with van der Waals surface area (Å²) >= 11 is 0. The molecule has 1 amide bonds. The van der Waals surface area contributed by atoms with Crippen LogP contribution in [0.2, 0.25) is 0 Å². The molecule has 6 nitrogen and oxygen atoms in total. The molecule has 0 aliphatic carbocycles. The molecule has 0 aromatic heterocycles. The molecular formula is C19H21N3O3S. The van der Waals surface area contributed by atoms with Crippen LogP contribution in [0.3, 0.4) is 0 Å². The molecule has 0 bridgehead atoms. The third-order valence-electron chi connectivity index (χ3n) is 4.14. The zero-order valence-electron chi connectivity index (χ0n) is 14.6. The summed E-state index contributed by atoms with van der Waals surface area (Å²) in [5.74, 6) is -0.296. The topological polar surface area (TPSA) is 78.8 Å². The van der Waals surface area contributed by atoms with Crippen molar-refractivity contribution in [1.82, 2.24) is 5.32 Å². The Morgan fingerprint density at radius 2 is 1.92 bits per heavy atom. The molecule has 1 heterocycles. The van der Waals surface area contributed by atoms with E-state index in [-0.39, 0.29) is 10.8 Å². The van der Waals surface area contributed by atoms with Crippen molar-refractivity contribution in [2.24, 2.45) is 4.40 Å². The average Bonchev–Trinajstić information content (AvgIpc) is 2.65. The summed E-state index contributed by atoms with van der Waals surface area (Å²) in [5, 5.41) is 2.83. The monoisotopic (exact) mass is 371 g/mol. The molecule has 0 unspecified atom stereocenters. The van der Waals surface area contributed by atoms with Crippen molar-refractivity contribution in [3.8, 4) is 0 Å².